The normalized spacial score (nSPS) is 30.2. The summed E-state index contributed by atoms with van der Waals surface area (Å²) in [5.41, 5.74) is 1.97. The monoisotopic (exact) mass is 295 g/mol. The Labute approximate surface area is 131 Å². The van der Waals surface area contributed by atoms with Crippen molar-refractivity contribution in [3.05, 3.63) is 42.5 Å². The van der Waals surface area contributed by atoms with Crippen LogP contribution in [-0.4, -0.2) is 40.3 Å². The summed E-state index contributed by atoms with van der Waals surface area (Å²) in [6.07, 6.45) is 2.73. The summed E-state index contributed by atoms with van der Waals surface area (Å²) in [4.78, 5) is 2.52. The molecule has 0 amide bonds. The van der Waals surface area contributed by atoms with Crippen LogP contribution in [0, 0.1) is 5.92 Å². The topological polar surface area (TPSA) is 38.3 Å². The number of ether oxygens (including phenoxy) is 1. The van der Waals surface area contributed by atoms with Crippen LogP contribution < -0.4 is 4.74 Å². The molecule has 3 aliphatic rings. The quantitative estimate of drug-likeness (QED) is 0.872. The lowest BCUT2D eigenvalue weighted by atomic mass is 9.81. The van der Waals surface area contributed by atoms with Crippen molar-refractivity contribution in [2.45, 2.75) is 31.9 Å². The molecule has 1 aromatic carbocycles. The number of nitrogens with zero attached hydrogens (tertiary/aromatic N) is 3. The highest BCUT2D eigenvalue weighted by atomic mass is 16.5. The first-order valence-corrected chi connectivity index (χ1v) is 8.11. The summed E-state index contributed by atoms with van der Waals surface area (Å²) in [5.74, 6) is 1.31. The molecule has 4 heterocycles. The van der Waals surface area contributed by atoms with Gasteiger partial charge in [-0.1, -0.05) is 30.3 Å². The minimum Gasteiger partial charge on any atom is -0.471 e. The van der Waals surface area contributed by atoms with E-state index in [9.17, 15) is 0 Å². The molecular weight excluding hydrogens is 274 g/mol. The minimum atomic E-state index is 0.249. The van der Waals surface area contributed by atoms with Crippen molar-refractivity contribution in [1.82, 2.24) is 15.1 Å². The first-order valence-electron chi connectivity index (χ1n) is 8.11. The van der Waals surface area contributed by atoms with Gasteiger partial charge in [-0.3, -0.25) is 4.90 Å². The number of hydrogen-bond donors (Lipinski definition) is 0. The van der Waals surface area contributed by atoms with E-state index in [0.717, 1.165) is 11.3 Å². The first-order chi connectivity index (χ1) is 10.8. The molecule has 0 unspecified atom stereocenters. The van der Waals surface area contributed by atoms with Crippen molar-refractivity contribution >= 4 is 0 Å². The zero-order valence-corrected chi connectivity index (χ0v) is 12.9. The molecule has 0 radical (unpaired) electrons. The Kier molecular flexibility index (Phi) is 3.54. The molecule has 2 atom stereocenters. The SMILES string of the molecule is C[C@@H]1[C@H](Oc2ccc(-c3ccccc3)nn2)C2CCN1CC2. The average molecular weight is 295 g/mol. The second kappa shape index (κ2) is 5.69. The number of hydrogen-bond acceptors (Lipinski definition) is 4. The zero-order valence-electron chi connectivity index (χ0n) is 12.9. The van der Waals surface area contributed by atoms with E-state index in [-0.39, 0.29) is 6.10 Å². The Bertz CT molecular complexity index is 619. The van der Waals surface area contributed by atoms with Gasteiger partial charge in [0.15, 0.2) is 0 Å². The van der Waals surface area contributed by atoms with Crippen LogP contribution in [0.1, 0.15) is 19.8 Å². The van der Waals surface area contributed by atoms with Gasteiger partial charge >= 0.3 is 0 Å². The number of benzene rings is 1. The Balaban J connectivity index is 1.50. The molecule has 4 heteroatoms. The van der Waals surface area contributed by atoms with E-state index < -0.39 is 0 Å². The van der Waals surface area contributed by atoms with E-state index in [1.807, 2.05) is 42.5 Å². The molecule has 4 nitrogen and oxygen atoms in total. The van der Waals surface area contributed by atoms with Crippen LogP contribution in [-0.2, 0) is 0 Å². The van der Waals surface area contributed by atoms with Gasteiger partial charge in [0, 0.05) is 17.7 Å². The van der Waals surface area contributed by atoms with E-state index in [4.69, 9.17) is 4.74 Å². The molecule has 2 bridgehead atoms. The predicted molar refractivity (Wildman–Crippen MR) is 85.6 cm³/mol. The summed E-state index contributed by atoms with van der Waals surface area (Å²) in [7, 11) is 0. The highest BCUT2D eigenvalue weighted by Gasteiger charge is 2.41. The minimum absolute atomic E-state index is 0.249. The van der Waals surface area contributed by atoms with Crippen molar-refractivity contribution in [1.29, 1.82) is 0 Å². The van der Waals surface area contributed by atoms with E-state index in [2.05, 4.69) is 22.0 Å². The third-order valence-electron chi connectivity index (χ3n) is 5.06. The fourth-order valence-corrected chi connectivity index (χ4v) is 3.74. The number of piperidine rings is 3. The van der Waals surface area contributed by atoms with Gasteiger partial charge in [-0.05, 0) is 44.8 Å². The van der Waals surface area contributed by atoms with Gasteiger partial charge in [0.2, 0.25) is 5.88 Å². The molecule has 3 aliphatic heterocycles. The van der Waals surface area contributed by atoms with Crippen LogP contribution in [0.2, 0.25) is 0 Å². The highest BCUT2D eigenvalue weighted by molar-refractivity contribution is 5.58. The van der Waals surface area contributed by atoms with Crippen molar-refractivity contribution in [3.8, 4) is 17.1 Å². The molecule has 0 saturated carbocycles. The smallest absolute Gasteiger partial charge is 0.233 e. The van der Waals surface area contributed by atoms with Crippen LogP contribution >= 0.6 is 0 Å². The molecular formula is C18H21N3O. The Morgan fingerprint density at radius 3 is 2.41 bits per heavy atom. The maximum atomic E-state index is 6.18. The summed E-state index contributed by atoms with van der Waals surface area (Å²) in [5, 5.41) is 8.59. The lowest BCUT2D eigenvalue weighted by molar-refractivity contribution is -0.0528. The Morgan fingerprint density at radius 1 is 1.00 bits per heavy atom. The van der Waals surface area contributed by atoms with E-state index >= 15 is 0 Å². The Morgan fingerprint density at radius 2 is 1.77 bits per heavy atom. The lowest BCUT2D eigenvalue weighted by Gasteiger charge is -2.48. The summed E-state index contributed by atoms with van der Waals surface area (Å²) < 4.78 is 6.18. The zero-order chi connectivity index (χ0) is 14.9. The van der Waals surface area contributed by atoms with Crippen molar-refractivity contribution < 1.29 is 4.74 Å². The van der Waals surface area contributed by atoms with E-state index in [0.29, 0.717) is 17.8 Å². The molecule has 5 rings (SSSR count). The number of fused-ring (bicyclic) bond motifs is 3. The lowest BCUT2D eigenvalue weighted by Crippen LogP contribution is -2.58. The van der Waals surface area contributed by atoms with Gasteiger partial charge in [0.05, 0.1) is 5.69 Å². The molecule has 0 aliphatic carbocycles. The van der Waals surface area contributed by atoms with Crippen LogP contribution in [0.3, 0.4) is 0 Å². The average Bonchev–Trinajstić information content (AvgIpc) is 2.60. The van der Waals surface area contributed by atoms with Gasteiger partial charge in [0.1, 0.15) is 6.10 Å². The molecule has 1 aromatic heterocycles. The third-order valence-corrected chi connectivity index (χ3v) is 5.06. The number of aromatic nitrogens is 2. The first kappa shape index (κ1) is 13.7. The maximum absolute atomic E-state index is 6.18. The van der Waals surface area contributed by atoms with Crippen molar-refractivity contribution in [2.24, 2.45) is 5.92 Å². The fraction of sp³-hybridized carbons (Fsp3) is 0.444. The number of rotatable bonds is 3. The molecule has 3 fully saturated rings. The molecule has 0 spiro atoms. The van der Waals surface area contributed by atoms with Crippen LogP contribution in [0.25, 0.3) is 11.3 Å². The van der Waals surface area contributed by atoms with Gasteiger partial charge < -0.3 is 4.74 Å². The molecule has 0 N–H and O–H groups in total. The highest BCUT2D eigenvalue weighted by Crippen LogP contribution is 2.34. The van der Waals surface area contributed by atoms with Crippen molar-refractivity contribution in [2.75, 3.05) is 13.1 Å². The van der Waals surface area contributed by atoms with E-state index in [1.54, 1.807) is 0 Å². The van der Waals surface area contributed by atoms with Gasteiger partial charge in [0.25, 0.3) is 0 Å². The molecule has 22 heavy (non-hydrogen) atoms. The molecule has 2 aromatic rings. The Hall–Kier alpha value is -1.94. The van der Waals surface area contributed by atoms with Crippen molar-refractivity contribution in [3.63, 3.8) is 0 Å². The second-order valence-corrected chi connectivity index (χ2v) is 6.32. The fourth-order valence-electron chi connectivity index (χ4n) is 3.74. The maximum Gasteiger partial charge on any atom is 0.233 e. The van der Waals surface area contributed by atoms with Gasteiger partial charge in [-0.2, -0.15) is 0 Å². The van der Waals surface area contributed by atoms with Crippen LogP contribution in [0.4, 0.5) is 0 Å². The summed E-state index contributed by atoms with van der Waals surface area (Å²) >= 11 is 0. The van der Waals surface area contributed by atoms with Gasteiger partial charge in [-0.15, -0.1) is 10.2 Å². The standard InChI is InChI=1S/C18H21N3O/c1-13-18(15-9-11-21(13)12-10-15)22-17-8-7-16(19-20-17)14-5-3-2-4-6-14/h2-8,13,15,18H,9-12H2,1H3/t13-,18+/m1/s1. The third kappa shape index (κ3) is 2.48. The van der Waals surface area contributed by atoms with Crippen LogP contribution in [0.5, 0.6) is 5.88 Å². The largest absolute Gasteiger partial charge is 0.471 e. The van der Waals surface area contributed by atoms with Gasteiger partial charge in [-0.25, -0.2) is 0 Å². The summed E-state index contributed by atoms with van der Waals surface area (Å²) in [6, 6.07) is 14.5. The van der Waals surface area contributed by atoms with E-state index in [1.165, 1.54) is 25.9 Å². The predicted octanol–water partition coefficient (Wildman–Crippen LogP) is 3.01. The molecule has 3 saturated heterocycles. The molecule has 114 valence electrons. The summed E-state index contributed by atoms with van der Waals surface area (Å²) in [6.45, 7) is 4.69. The van der Waals surface area contributed by atoms with Crippen LogP contribution in [0.15, 0.2) is 42.5 Å². The second-order valence-electron chi connectivity index (χ2n) is 6.32.